The minimum absolute atomic E-state index is 0.122. The van der Waals surface area contributed by atoms with Gasteiger partial charge in [0.1, 0.15) is 12.3 Å². The number of hydrogen-bond donors (Lipinski definition) is 2. The maximum Gasteiger partial charge on any atom is 0.270 e. The Balaban J connectivity index is 1.97. The Bertz CT molecular complexity index is 465. The zero-order valence-corrected chi connectivity index (χ0v) is 10.1. The first-order valence-electron chi connectivity index (χ1n) is 6.16. The molecule has 1 aliphatic rings. The van der Waals surface area contributed by atoms with Crippen LogP contribution in [0.2, 0.25) is 0 Å². The smallest absolute Gasteiger partial charge is 0.270 e. The summed E-state index contributed by atoms with van der Waals surface area (Å²) in [6.45, 7) is -0.177. The summed E-state index contributed by atoms with van der Waals surface area (Å²) in [7, 11) is 0. The van der Waals surface area contributed by atoms with E-state index in [1.807, 2.05) is 0 Å². The number of pyridine rings is 1. The van der Waals surface area contributed by atoms with E-state index in [4.69, 9.17) is 5.11 Å². The van der Waals surface area contributed by atoms with E-state index in [1.54, 1.807) is 18.3 Å². The van der Waals surface area contributed by atoms with Gasteiger partial charge in [-0.25, -0.2) is 4.98 Å². The van der Waals surface area contributed by atoms with Gasteiger partial charge in [-0.05, 0) is 25.0 Å². The van der Waals surface area contributed by atoms with Crippen LogP contribution >= 0.6 is 0 Å². The van der Waals surface area contributed by atoms with Crippen molar-refractivity contribution in [1.82, 2.24) is 10.3 Å². The highest BCUT2D eigenvalue weighted by atomic mass is 16.2. The average Bonchev–Trinajstić information content (AvgIpc) is 2.89. The third-order valence-electron chi connectivity index (χ3n) is 3.00. The van der Waals surface area contributed by atoms with Crippen molar-refractivity contribution in [3.63, 3.8) is 0 Å². The fraction of sp³-hybridized carbons (Fsp3) is 0.429. The van der Waals surface area contributed by atoms with Gasteiger partial charge in [-0.15, -0.1) is 0 Å². The van der Waals surface area contributed by atoms with Crippen LogP contribution in [0, 0.1) is 11.8 Å². The number of amides is 1. The number of aliphatic hydroxyl groups excluding tert-OH is 1. The van der Waals surface area contributed by atoms with E-state index < -0.39 is 0 Å². The van der Waals surface area contributed by atoms with Gasteiger partial charge in [-0.3, -0.25) is 4.79 Å². The quantitative estimate of drug-likeness (QED) is 0.766. The highest BCUT2D eigenvalue weighted by Crippen LogP contribution is 2.17. The second-order valence-corrected chi connectivity index (χ2v) is 4.35. The molecule has 1 heterocycles. The molecule has 0 aromatic carbocycles. The second-order valence-electron chi connectivity index (χ2n) is 4.35. The van der Waals surface area contributed by atoms with Crippen LogP contribution in [0.3, 0.4) is 0 Å². The van der Waals surface area contributed by atoms with Crippen LogP contribution < -0.4 is 5.32 Å². The molecule has 1 amide bonds. The summed E-state index contributed by atoms with van der Waals surface area (Å²) < 4.78 is 0. The molecule has 0 radical (unpaired) electrons. The van der Waals surface area contributed by atoms with Crippen LogP contribution in [0.4, 0.5) is 0 Å². The maximum atomic E-state index is 11.9. The van der Waals surface area contributed by atoms with Gasteiger partial charge in [0.25, 0.3) is 5.91 Å². The second kappa shape index (κ2) is 6.18. The number of carbonyl (C=O) groups excluding carboxylic acids is 1. The Hall–Kier alpha value is -1.86. The molecule has 0 bridgehead atoms. The topological polar surface area (TPSA) is 62.2 Å². The van der Waals surface area contributed by atoms with Crippen LogP contribution in [0.5, 0.6) is 0 Å². The van der Waals surface area contributed by atoms with E-state index >= 15 is 0 Å². The summed E-state index contributed by atoms with van der Waals surface area (Å²) in [4.78, 5) is 16.0. The predicted octanol–water partition coefficient (Wildman–Crippen LogP) is 1.10. The Labute approximate surface area is 106 Å². The van der Waals surface area contributed by atoms with Crippen molar-refractivity contribution < 1.29 is 9.90 Å². The lowest BCUT2D eigenvalue weighted by molar-refractivity contribution is 0.0933. The van der Waals surface area contributed by atoms with Gasteiger partial charge in [0, 0.05) is 17.8 Å². The molecule has 1 aliphatic carbocycles. The molecule has 0 aliphatic heterocycles. The normalized spacial score (nSPS) is 14.9. The van der Waals surface area contributed by atoms with E-state index in [9.17, 15) is 4.79 Å². The maximum absolute atomic E-state index is 11.9. The van der Waals surface area contributed by atoms with Crippen molar-refractivity contribution in [3.05, 3.63) is 29.6 Å². The lowest BCUT2D eigenvalue weighted by Crippen LogP contribution is -2.33. The highest BCUT2D eigenvalue weighted by Gasteiger charge is 2.18. The Morgan fingerprint density at radius 1 is 1.44 bits per heavy atom. The van der Waals surface area contributed by atoms with Crippen LogP contribution in [0.25, 0.3) is 0 Å². The van der Waals surface area contributed by atoms with Gasteiger partial charge in [0.15, 0.2) is 0 Å². The zero-order chi connectivity index (χ0) is 12.8. The lowest BCUT2D eigenvalue weighted by Gasteiger charge is -2.10. The lowest BCUT2D eigenvalue weighted by atomic mass is 10.2. The summed E-state index contributed by atoms with van der Waals surface area (Å²) in [5.41, 5.74) is 1.11. The first kappa shape index (κ1) is 12.6. The highest BCUT2D eigenvalue weighted by molar-refractivity contribution is 5.92. The molecular weight excluding hydrogens is 228 g/mol. The zero-order valence-electron chi connectivity index (χ0n) is 10.1. The van der Waals surface area contributed by atoms with Crippen LogP contribution in [0.1, 0.15) is 41.7 Å². The van der Waals surface area contributed by atoms with E-state index in [1.165, 1.54) is 12.8 Å². The van der Waals surface area contributed by atoms with Crippen LogP contribution in [-0.2, 0) is 0 Å². The molecule has 4 heteroatoms. The number of nitrogens with zero attached hydrogens (tertiary/aromatic N) is 1. The van der Waals surface area contributed by atoms with E-state index in [0.717, 1.165) is 12.8 Å². The first-order chi connectivity index (χ1) is 8.79. The van der Waals surface area contributed by atoms with Crippen molar-refractivity contribution in [1.29, 1.82) is 0 Å². The van der Waals surface area contributed by atoms with Crippen molar-refractivity contribution in [2.45, 2.75) is 31.7 Å². The number of aliphatic hydroxyl groups is 1. The third kappa shape index (κ3) is 3.31. The fourth-order valence-electron chi connectivity index (χ4n) is 2.07. The van der Waals surface area contributed by atoms with Crippen molar-refractivity contribution in [3.8, 4) is 11.8 Å². The van der Waals surface area contributed by atoms with Crippen molar-refractivity contribution >= 4 is 5.91 Å². The number of rotatable bonds is 2. The first-order valence-corrected chi connectivity index (χ1v) is 6.16. The number of aromatic nitrogens is 1. The summed E-state index contributed by atoms with van der Waals surface area (Å²) in [5, 5.41) is 11.6. The molecule has 4 nitrogen and oxygen atoms in total. The molecular formula is C14H16N2O2. The predicted molar refractivity (Wildman–Crippen MR) is 67.9 cm³/mol. The number of hydrogen-bond acceptors (Lipinski definition) is 3. The minimum atomic E-state index is -0.177. The van der Waals surface area contributed by atoms with Crippen molar-refractivity contribution in [2.75, 3.05) is 6.61 Å². The summed E-state index contributed by atoms with van der Waals surface area (Å²) in [5.74, 6) is 5.15. The van der Waals surface area contributed by atoms with E-state index in [-0.39, 0.29) is 12.5 Å². The molecule has 0 atom stereocenters. The molecule has 1 saturated carbocycles. The molecule has 94 valence electrons. The standard InChI is InChI=1S/C14H16N2O2/c17-9-3-4-11-7-8-13(15-10-11)14(18)16-12-5-1-2-6-12/h7-8,10,12,17H,1-2,5-6,9H2,(H,16,18). The van der Waals surface area contributed by atoms with Crippen LogP contribution in [0.15, 0.2) is 18.3 Å². The van der Waals surface area contributed by atoms with Gasteiger partial charge in [-0.2, -0.15) is 0 Å². The Morgan fingerprint density at radius 3 is 2.83 bits per heavy atom. The minimum Gasteiger partial charge on any atom is -0.384 e. The molecule has 2 N–H and O–H groups in total. The molecule has 1 fully saturated rings. The summed E-state index contributed by atoms with van der Waals surface area (Å²) in [6, 6.07) is 3.69. The van der Waals surface area contributed by atoms with E-state index in [2.05, 4.69) is 22.1 Å². The summed E-state index contributed by atoms with van der Waals surface area (Å²) in [6.07, 6.45) is 6.05. The molecule has 1 aromatic heterocycles. The summed E-state index contributed by atoms with van der Waals surface area (Å²) >= 11 is 0. The van der Waals surface area contributed by atoms with Gasteiger partial charge < -0.3 is 10.4 Å². The van der Waals surface area contributed by atoms with Gasteiger partial charge in [-0.1, -0.05) is 24.7 Å². The average molecular weight is 244 g/mol. The Morgan fingerprint density at radius 2 is 2.22 bits per heavy atom. The van der Waals surface area contributed by atoms with Gasteiger partial charge in [0.05, 0.1) is 0 Å². The molecule has 2 rings (SSSR count). The van der Waals surface area contributed by atoms with Crippen LogP contribution in [-0.4, -0.2) is 28.6 Å². The molecule has 1 aromatic rings. The monoisotopic (exact) mass is 244 g/mol. The molecule has 0 spiro atoms. The molecule has 18 heavy (non-hydrogen) atoms. The van der Waals surface area contributed by atoms with Gasteiger partial charge >= 0.3 is 0 Å². The van der Waals surface area contributed by atoms with E-state index in [0.29, 0.717) is 17.3 Å². The number of carbonyl (C=O) groups is 1. The largest absolute Gasteiger partial charge is 0.384 e. The van der Waals surface area contributed by atoms with Gasteiger partial charge in [0.2, 0.25) is 0 Å². The molecule has 0 saturated heterocycles. The number of nitrogens with one attached hydrogen (secondary N) is 1. The SMILES string of the molecule is O=C(NC1CCCC1)c1ccc(C#CCO)cn1. The van der Waals surface area contributed by atoms with Crippen molar-refractivity contribution in [2.24, 2.45) is 0 Å². The molecule has 0 unspecified atom stereocenters. The fourth-order valence-corrected chi connectivity index (χ4v) is 2.07. The Kier molecular flexibility index (Phi) is 4.32. The third-order valence-corrected chi connectivity index (χ3v) is 3.00.